The maximum absolute atomic E-state index is 13.1. The lowest BCUT2D eigenvalue weighted by Gasteiger charge is -2.11. The molecule has 0 N–H and O–H groups in total. The summed E-state index contributed by atoms with van der Waals surface area (Å²) in [5.74, 6) is -0.883. The summed E-state index contributed by atoms with van der Waals surface area (Å²) in [7, 11) is -0.114. The number of nitriles is 1. The van der Waals surface area contributed by atoms with E-state index in [0.717, 1.165) is 0 Å². The van der Waals surface area contributed by atoms with E-state index in [1.54, 1.807) is 6.92 Å². The molecule has 0 heterocycles. The Kier molecular flexibility index (Phi) is 5.64. The van der Waals surface area contributed by atoms with Crippen LogP contribution in [0.4, 0.5) is 4.39 Å². The molecule has 0 fully saturated rings. The molecule has 1 aromatic rings. The van der Waals surface area contributed by atoms with E-state index >= 15 is 0 Å². The van der Waals surface area contributed by atoms with Crippen molar-refractivity contribution in [2.75, 3.05) is 7.11 Å². The molecule has 2 atom stereocenters. The Hall–Kier alpha value is -1.74. The molecule has 0 spiro atoms. The van der Waals surface area contributed by atoms with E-state index in [0.29, 0.717) is 11.1 Å². The molecule has 19 heavy (non-hydrogen) atoms. The topological polar surface area (TPSA) is 67.2 Å². The van der Waals surface area contributed by atoms with Gasteiger partial charge in [-0.25, -0.2) is 4.39 Å². The molecule has 102 valence electrons. The maximum atomic E-state index is 13.1. The van der Waals surface area contributed by atoms with Gasteiger partial charge in [-0.1, -0.05) is 6.92 Å². The van der Waals surface area contributed by atoms with Gasteiger partial charge in [-0.05, 0) is 23.8 Å². The van der Waals surface area contributed by atoms with Crippen LogP contribution in [0.25, 0.3) is 0 Å². The fraction of sp³-hybridized carbons (Fsp3) is 0.385. The summed E-state index contributed by atoms with van der Waals surface area (Å²) in [6, 6.07) is 5.66. The van der Waals surface area contributed by atoms with Crippen LogP contribution >= 0.6 is 0 Å². The Balaban J connectivity index is 2.79. The molecule has 0 amide bonds. The Labute approximate surface area is 113 Å². The minimum Gasteiger partial charge on any atom is -0.469 e. The van der Waals surface area contributed by atoms with Gasteiger partial charge in [0.2, 0.25) is 0 Å². The Morgan fingerprint density at radius 1 is 1.58 bits per heavy atom. The number of carbonyl (C=O) groups excluding carboxylic acids is 1. The highest BCUT2D eigenvalue weighted by atomic mass is 32.2. The zero-order valence-electron chi connectivity index (χ0n) is 10.7. The number of hydrogen-bond donors (Lipinski definition) is 0. The van der Waals surface area contributed by atoms with E-state index in [1.807, 2.05) is 6.07 Å². The first-order chi connectivity index (χ1) is 8.97. The molecule has 1 aromatic carbocycles. The van der Waals surface area contributed by atoms with Crippen LogP contribution in [-0.2, 0) is 26.1 Å². The molecule has 0 aliphatic heterocycles. The third-order valence-electron chi connectivity index (χ3n) is 2.62. The van der Waals surface area contributed by atoms with Gasteiger partial charge in [0.15, 0.2) is 0 Å². The van der Waals surface area contributed by atoms with E-state index in [-0.39, 0.29) is 12.2 Å². The monoisotopic (exact) mass is 283 g/mol. The third kappa shape index (κ3) is 4.45. The van der Waals surface area contributed by atoms with Crippen molar-refractivity contribution in [1.29, 1.82) is 5.26 Å². The average molecular weight is 283 g/mol. The molecular formula is C13H14FNO3S. The van der Waals surface area contributed by atoms with Crippen LogP contribution in [0.15, 0.2) is 18.2 Å². The normalized spacial score (nSPS) is 13.4. The van der Waals surface area contributed by atoms with Crippen LogP contribution in [0, 0.1) is 17.1 Å². The van der Waals surface area contributed by atoms with Crippen molar-refractivity contribution < 1.29 is 18.1 Å². The average Bonchev–Trinajstić information content (AvgIpc) is 2.38. The van der Waals surface area contributed by atoms with Gasteiger partial charge in [0.05, 0.1) is 30.9 Å². The number of methoxy groups -OCH3 is 1. The quantitative estimate of drug-likeness (QED) is 0.774. The van der Waals surface area contributed by atoms with Gasteiger partial charge in [-0.3, -0.25) is 9.00 Å². The number of esters is 1. The molecule has 0 aliphatic carbocycles. The Morgan fingerprint density at radius 3 is 2.84 bits per heavy atom. The van der Waals surface area contributed by atoms with Gasteiger partial charge in [0, 0.05) is 16.0 Å². The second-order valence-corrected chi connectivity index (χ2v) is 5.88. The van der Waals surface area contributed by atoms with Gasteiger partial charge >= 0.3 is 5.97 Å². The lowest BCUT2D eigenvalue weighted by molar-refractivity contribution is -0.140. The molecule has 0 aromatic heterocycles. The van der Waals surface area contributed by atoms with Crippen LogP contribution in [-0.4, -0.2) is 22.5 Å². The molecule has 0 radical (unpaired) electrons. The number of hydrogen-bond acceptors (Lipinski definition) is 4. The third-order valence-corrected chi connectivity index (χ3v) is 4.28. The van der Waals surface area contributed by atoms with Gasteiger partial charge in [0.25, 0.3) is 0 Å². The van der Waals surface area contributed by atoms with Crippen molar-refractivity contribution in [3.05, 3.63) is 35.1 Å². The number of ether oxygens (including phenoxy) is 1. The van der Waals surface area contributed by atoms with E-state index < -0.39 is 27.8 Å². The standard InChI is InChI=1S/C13H14FNO3S/c1-9(5-13(16)18-2)19(17)8-11-6-12(14)4-3-10(11)7-15/h3-4,6,9H,5,8H2,1-2H3. The van der Waals surface area contributed by atoms with Crippen molar-refractivity contribution in [2.45, 2.75) is 24.3 Å². The van der Waals surface area contributed by atoms with Gasteiger partial charge in [-0.15, -0.1) is 0 Å². The second kappa shape index (κ2) is 7.00. The SMILES string of the molecule is COC(=O)CC(C)S(=O)Cc1cc(F)ccc1C#N. The predicted octanol–water partition coefficient (Wildman–Crippen LogP) is 1.90. The first-order valence-electron chi connectivity index (χ1n) is 5.60. The van der Waals surface area contributed by atoms with Gasteiger partial charge in [0.1, 0.15) is 5.82 Å². The Morgan fingerprint density at radius 2 is 2.26 bits per heavy atom. The van der Waals surface area contributed by atoms with Crippen LogP contribution in [0.2, 0.25) is 0 Å². The number of benzene rings is 1. The lowest BCUT2D eigenvalue weighted by Crippen LogP contribution is -2.18. The second-order valence-electron chi connectivity index (χ2n) is 4.03. The number of nitrogens with zero attached hydrogens (tertiary/aromatic N) is 1. The zero-order valence-corrected chi connectivity index (χ0v) is 11.5. The van der Waals surface area contributed by atoms with Crippen LogP contribution < -0.4 is 0 Å². The molecule has 4 nitrogen and oxygen atoms in total. The fourth-order valence-corrected chi connectivity index (χ4v) is 2.65. The van der Waals surface area contributed by atoms with Crippen LogP contribution in [0.5, 0.6) is 0 Å². The summed E-state index contributed by atoms with van der Waals surface area (Å²) in [5, 5.41) is 8.48. The highest BCUT2D eigenvalue weighted by Gasteiger charge is 2.17. The van der Waals surface area contributed by atoms with Crippen molar-refractivity contribution in [1.82, 2.24) is 0 Å². The summed E-state index contributed by atoms with van der Waals surface area (Å²) in [4.78, 5) is 11.1. The van der Waals surface area contributed by atoms with Crippen LogP contribution in [0.1, 0.15) is 24.5 Å². The predicted molar refractivity (Wildman–Crippen MR) is 69.1 cm³/mol. The number of rotatable bonds is 5. The van der Waals surface area contributed by atoms with E-state index in [2.05, 4.69) is 4.74 Å². The molecule has 2 unspecified atom stereocenters. The highest BCUT2D eigenvalue weighted by Crippen LogP contribution is 2.15. The largest absolute Gasteiger partial charge is 0.469 e. The molecule has 6 heteroatoms. The van der Waals surface area contributed by atoms with Crippen molar-refractivity contribution >= 4 is 16.8 Å². The van der Waals surface area contributed by atoms with E-state index in [9.17, 15) is 13.4 Å². The first kappa shape index (κ1) is 15.3. The zero-order chi connectivity index (χ0) is 14.4. The maximum Gasteiger partial charge on any atom is 0.306 e. The van der Waals surface area contributed by atoms with Gasteiger partial charge < -0.3 is 4.74 Å². The molecule has 0 aliphatic rings. The molecule has 0 saturated heterocycles. The molecule has 1 rings (SSSR count). The summed E-state index contributed by atoms with van der Waals surface area (Å²) in [5.41, 5.74) is 0.678. The van der Waals surface area contributed by atoms with E-state index in [4.69, 9.17) is 5.26 Å². The summed E-state index contributed by atoms with van der Waals surface area (Å²) in [6.07, 6.45) is 0.0281. The Bertz CT molecular complexity index is 539. The fourth-order valence-electron chi connectivity index (χ4n) is 1.50. The summed E-state index contributed by atoms with van der Waals surface area (Å²) >= 11 is 0. The smallest absolute Gasteiger partial charge is 0.306 e. The first-order valence-corrected chi connectivity index (χ1v) is 6.98. The number of carbonyl (C=O) groups is 1. The molecular weight excluding hydrogens is 269 g/mol. The number of halogens is 1. The minimum absolute atomic E-state index is 0.0281. The van der Waals surface area contributed by atoms with Crippen molar-refractivity contribution in [3.8, 4) is 6.07 Å². The van der Waals surface area contributed by atoms with Crippen molar-refractivity contribution in [2.24, 2.45) is 0 Å². The van der Waals surface area contributed by atoms with E-state index in [1.165, 1.54) is 25.3 Å². The lowest BCUT2D eigenvalue weighted by atomic mass is 10.1. The summed E-state index contributed by atoms with van der Waals surface area (Å²) < 4.78 is 29.6. The van der Waals surface area contributed by atoms with Crippen molar-refractivity contribution in [3.63, 3.8) is 0 Å². The minimum atomic E-state index is -1.38. The summed E-state index contributed by atoms with van der Waals surface area (Å²) in [6.45, 7) is 1.65. The molecule has 0 saturated carbocycles. The van der Waals surface area contributed by atoms with Gasteiger partial charge in [-0.2, -0.15) is 5.26 Å². The molecule has 0 bridgehead atoms. The van der Waals surface area contributed by atoms with Crippen LogP contribution in [0.3, 0.4) is 0 Å². The highest BCUT2D eigenvalue weighted by molar-refractivity contribution is 7.84.